The molecule has 0 saturated carbocycles. The number of esters is 2. The quantitative estimate of drug-likeness (QED) is 0.807. The lowest BCUT2D eigenvalue weighted by Crippen LogP contribution is -2.10. The first kappa shape index (κ1) is 14.8. The minimum absolute atomic E-state index is 0.319. The summed E-state index contributed by atoms with van der Waals surface area (Å²) in [5.74, 6) is -0.960. The summed E-state index contributed by atoms with van der Waals surface area (Å²) in [6.45, 7) is 1.80. The van der Waals surface area contributed by atoms with Gasteiger partial charge in [-0.1, -0.05) is 36.4 Å². The van der Waals surface area contributed by atoms with Gasteiger partial charge in [0.05, 0.1) is 18.2 Å². The van der Waals surface area contributed by atoms with Gasteiger partial charge in [0.2, 0.25) is 0 Å². The summed E-state index contributed by atoms with van der Waals surface area (Å²) in [6.07, 6.45) is -0.361. The molecule has 0 aliphatic carbocycles. The molecule has 0 aliphatic heterocycles. The van der Waals surface area contributed by atoms with Crippen LogP contribution in [0.3, 0.4) is 0 Å². The SMILES string of the molecule is COC(=O)c1cccc(C(=O)O[C@@H](C)c2ccccc2)c1. The average molecular weight is 284 g/mol. The Labute approximate surface area is 123 Å². The van der Waals surface area contributed by atoms with Crippen molar-refractivity contribution in [2.24, 2.45) is 0 Å². The van der Waals surface area contributed by atoms with Crippen molar-refractivity contribution in [2.75, 3.05) is 7.11 Å². The van der Waals surface area contributed by atoms with E-state index in [1.54, 1.807) is 25.1 Å². The molecule has 0 fully saturated rings. The van der Waals surface area contributed by atoms with Gasteiger partial charge in [0, 0.05) is 0 Å². The molecule has 0 amide bonds. The minimum atomic E-state index is -0.485. The van der Waals surface area contributed by atoms with Gasteiger partial charge >= 0.3 is 11.9 Å². The maximum atomic E-state index is 12.1. The molecule has 0 aromatic heterocycles. The molecule has 0 N–H and O–H groups in total. The number of benzene rings is 2. The van der Waals surface area contributed by atoms with Gasteiger partial charge in [0.15, 0.2) is 0 Å². The van der Waals surface area contributed by atoms with Crippen molar-refractivity contribution >= 4 is 11.9 Å². The van der Waals surface area contributed by atoms with Crippen molar-refractivity contribution in [3.8, 4) is 0 Å². The first-order valence-corrected chi connectivity index (χ1v) is 6.56. The van der Waals surface area contributed by atoms with Gasteiger partial charge in [-0.05, 0) is 30.7 Å². The Hall–Kier alpha value is -2.62. The van der Waals surface area contributed by atoms with Gasteiger partial charge in [0.25, 0.3) is 0 Å². The number of carbonyl (C=O) groups is 2. The smallest absolute Gasteiger partial charge is 0.338 e. The molecule has 0 aliphatic rings. The number of methoxy groups -OCH3 is 1. The van der Waals surface area contributed by atoms with Crippen molar-refractivity contribution in [3.05, 3.63) is 71.3 Å². The van der Waals surface area contributed by atoms with E-state index in [1.165, 1.54) is 13.2 Å². The highest BCUT2D eigenvalue weighted by Crippen LogP contribution is 2.18. The van der Waals surface area contributed by atoms with Crippen molar-refractivity contribution in [2.45, 2.75) is 13.0 Å². The molecule has 2 aromatic carbocycles. The number of rotatable bonds is 4. The molecular formula is C17H16O4. The highest BCUT2D eigenvalue weighted by atomic mass is 16.5. The molecule has 4 nitrogen and oxygen atoms in total. The average Bonchev–Trinajstić information content (AvgIpc) is 2.55. The van der Waals surface area contributed by atoms with E-state index in [9.17, 15) is 9.59 Å². The Morgan fingerprint density at radius 1 is 0.905 bits per heavy atom. The maximum Gasteiger partial charge on any atom is 0.338 e. The van der Waals surface area contributed by atoms with Crippen LogP contribution in [0.15, 0.2) is 54.6 Å². The van der Waals surface area contributed by atoms with E-state index in [0.29, 0.717) is 11.1 Å². The maximum absolute atomic E-state index is 12.1. The zero-order chi connectivity index (χ0) is 15.2. The van der Waals surface area contributed by atoms with E-state index in [-0.39, 0.29) is 6.10 Å². The third-order valence-corrected chi connectivity index (χ3v) is 3.07. The fraction of sp³-hybridized carbons (Fsp3) is 0.176. The lowest BCUT2D eigenvalue weighted by molar-refractivity contribution is 0.0338. The molecule has 108 valence electrons. The molecule has 0 spiro atoms. The molecule has 0 unspecified atom stereocenters. The van der Waals surface area contributed by atoms with Gasteiger partial charge in [-0.2, -0.15) is 0 Å². The van der Waals surface area contributed by atoms with Gasteiger partial charge in [-0.3, -0.25) is 0 Å². The Balaban J connectivity index is 2.12. The van der Waals surface area contributed by atoms with Gasteiger partial charge in [0.1, 0.15) is 6.10 Å². The van der Waals surface area contributed by atoms with Crippen molar-refractivity contribution in [1.82, 2.24) is 0 Å². The second kappa shape index (κ2) is 6.70. The number of hydrogen-bond donors (Lipinski definition) is 0. The molecule has 21 heavy (non-hydrogen) atoms. The van der Waals surface area contributed by atoms with Crippen molar-refractivity contribution < 1.29 is 19.1 Å². The largest absolute Gasteiger partial charge is 0.465 e. The van der Waals surface area contributed by atoms with Crippen LogP contribution in [0.25, 0.3) is 0 Å². The Kier molecular flexibility index (Phi) is 4.72. The zero-order valence-corrected chi connectivity index (χ0v) is 11.9. The number of hydrogen-bond acceptors (Lipinski definition) is 4. The molecule has 0 bridgehead atoms. The first-order valence-electron chi connectivity index (χ1n) is 6.56. The van der Waals surface area contributed by atoms with Crippen LogP contribution in [0.1, 0.15) is 39.3 Å². The third kappa shape index (κ3) is 3.69. The Morgan fingerprint density at radius 3 is 2.14 bits per heavy atom. The van der Waals surface area contributed by atoms with Crippen molar-refractivity contribution in [1.29, 1.82) is 0 Å². The summed E-state index contributed by atoms with van der Waals surface area (Å²) >= 11 is 0. The summed E-state index contributed by atoms with van der Waals surface area (Å²) < 4.78 is 10.0. The molecule has 2 rings (SSSR count). The van der Waals surface area contributed by atoms with E-state index in [2.05, 4.69) is 4.74 Å². The standard InChI is InChI=1S/C17H16O4/c1-12(13-7-4-3-5-8-13)21-17(19)15-10-6-9-14(11-15)16(18)20-2/h3-12H,1-2H3/t12-/m0/s1. The number of carbonyl (C=O) groups excluding carboxylic acids is 2. The summed E-state index contributed by atoms with van der Waals surface area (Å²) in [6, 6.07) is 15.7. The highest BCUT2D eigenvalue weighted by molar-refractivity contribution is 5.95. The Bertz CT molecular complexity index is 634. The predicted octanol–water partition coefficient (Wildman–Crippen LogP) is 3.39. The zero-order valence-electron chi connectivity index (χ0n) is 11.9. The van der Waals surface area contributed by atoms with Gasteiger partial charge in [-0.25, -0.2) is 9.59 Å². The monoisotopic (exact) mass is 284 g/mol. The molecule has 0 heterocycles. The van der Waals surface area contributed by atoms with Crippen LogP contribution in [-0.2, 0) is 9.47 Å². The van der Waals surface area contributed by atoms with Crippen LogP contribution in [-0.4, -0.2) is 19.0 Å². The summed E-state index contributed by atoms with van der Waals surface area (Å²) in [4.78, 5) is 23.6. The topological polar surface area (TPSA) is 52.6 Å². The lowest BCUT2D eigenvalue weighted by Gasteiger charge is -2.13. The second-order valence-electron chi connectivity index (χ2n) is 4.53. The van der Waals surface area contributed by atoms with E-state index >= 15 is 0 Å². The molecular weight excluding hydrogens is 268 g/mol. The van der Waals surface area contributed by atoms with Gasteiger partial charge < -0.3 is 9.47 Å². The van der Waals surface area contributed by atoms with E-state index in [1.807, 2.05) is 30.3 Å². The van der Waals surface area contributed by atoms with Crippen LogP contribution >= 0.6 is 0 Å². The Morgan fingerprint density at radius 2 is 1.52 bits per heavy atom. The fourth-order valence-corrected chi connectivity index (χ4v) is 1.91. The summed E-state index contributed by atoms with van der Waals surface area (Å²) in [5, 5.41) is 0. The summed E-state index contributed by atoms with van der Waals surface area (Å²) in [7, 11) is 1.30. The van der Waals surface area contributed by atoms with Crippen LogP contribution in [0.4, 0.5) is 0 Å². The van der Waals surface area contributed by atoms with E-state index in [0.717, 1.165) is 5.56 Å². The number of ether oxygens (including phenoxy) is 2. The lowest BCUT2D eigenvalue weighted by atomic mass is 10.1. The summed E-state index contributed by atoms with van der Waals surface area (Å²) in [5.41, 5.74) is 1.55. The fourth-order valence-electron chi connectivity index (χ4n) is 1.91. The molecule has 0 saturated heterocycles. The first-order chi connectivity index (χ1) is 10.1. The van der Waals surface area contributed by atoms with Crippen molar-refractivity contribution in [3.63, 3.8) is 0 Å². The van der Waals surface area contributed by atoms with Crippen LogP contribution in [0.5, 0.6) is 0 Å². The normalized spacial score (nSPS) is 11.5. The molecule has 1 atom stereocenters. The highest BCUT2D eigenvalue weighted by Gasteiger charge is 2.15. The van der Waals surface area contributed by atoms with E-state index < -0.39 is 11.9 Å². The van der Waals surface area contributed by atoms with Gasteiger partial charge in [-0.15, -0.1) is 0 Å². The second-order valence-corrected chi connectivity index (χ2v) is 4.53. The molecule has 0 radical (unpaired) electrons. The van der Waals surface area contributed by atoms with E-state index in [4.69, 9.17) is 4.74 Å². The molecule has 4 heteroatoms. The van der Waals surface area contributed by atoms with Crippen LogP contribution in [0.2, 0.25) is 0 Å². The van der Waals surface area contributed by atoms with Crippen LogP contribution in [0, 0.1) is 0 Å². The third-order valence-electron chi connectivity index (χ3n) is 3.07. The molecule has 2 aromatic rings. The van der Waals surface area contributed by atoms with Crippen LogP contribution < -0.4 is 0 Å². The predicted molar refractivity (Wildman–Crippen MR) is 78.1 cm³/mol. The minimum Gasteiger partial charge on any atom is -0.465 e.